The van der Waals surface area contributed by atoms with Gasteiger partial charge in [0, 0.05) is 19.4 Å². The van der Waals surface area contributed by atoms with Crippen molar-refractivity contribution in [3.63, 3.8) is 0 Å². The number of furan rings is 1. The van der Waals surface area contributed by atoms with Gasteiger partial charge in [-0.2, -0.15) is 0 Å². The molecule has 3 rings (SSSR count). The topological polar surface area (TPSA) is 33.5 Å². The average molecular weight is 361 g/mol. The average Bonchev–Trinajstić information content (AvgIpc) is 3.23. The van der Waals surface area contributed by atoms with Gasteiger partial charge in [-0.3, -0.25) is 4.79 Å². The van der Waals surface area contributed by atoms with E-state index in [0.29, 0.717) is 6.54 Å². The fraction of sp³-hybridized carbons (Fsp3) is 0.292. The summed E-state index contributed by atoms with van der Waals surface area (Å²) in [6, 6.07) is 24.7. The van der Waals surface area contributed by atoms with Crippen LogP contribution in [0.2, 0.25) is 0 Å². The summed E-state index contributed by atoms with van der Waals surface area (Å²) in [6.45, 7) is 4.44. The number of rotatable bonds is 8. The van der Waals surface area contributed by atoms with Crippen LogP contribution in [0.4, 0.5) is 0 Å². The summed E-state index contributed by atoms with van der Waals surface area (Å²) >= 11 is 0. The highest BCUT2D eigenvalue weighted by Gasteiger charge is 2.22. The maximum atomic E-state index is 12.3. The SMILES string of the molecule is CC(=O)N(CC[C@H](Cc1ccccc1)c1ccco1)[C@@H](C)c1ccccc1. The molecule has 0 aliphatic heterocycles. The molecule has 0 saturated carbocycles. The summed E-state index contributed by atoms with van der Waals surface area (Å²) in [6.07, 6.45) is 3.49. The van der Waals surface area contributed by atoms with Gasteiger partial charge in [-0.15, -0.1) is 0 Å². The quantitative estimate of drug-likeness (QED) is 0.523. The highest BCUT2D eigenvalue weighted by atomic mass is 16.3. The number of hydrogen-bond donors (Lipinski definition) is 0. The summed E-state index contributed by atoms with van der Waals surface area (Å²) in [5.74, 6) is 1.33. The Labute approximate surface area is 161 Å². The summed E-state index contributed by atoms with van der Waals surface area (Å²) in [4.78, 5) is 14.3. The van der Waals surface area contributed by atoms with Gasteiger partial charge in [0.25, 0.3) is 0 Å². The molecular weight excluding hydrogens is 334 g/mol. The number of carbonyl (C=O) groups is 1. The zero-order valence-electron chi connectivity index (χ0n) is 16.0. The molecule has 0 radical (unpaired) electrons. The first-order valence-electron chi connectivity index (χ1n) is 9.54. The molecule has 1 heterocycles. The minimum atomic E-state index is 0.0534. The molecule has 1 aromatic heterocycles. The van der Waals surface area contributed by atoms with E-state index >= 15 is 0 Å². The van der Waals surface area contributed by atoms with Gasteiger partial charge in [0.2, 0.25) is 5.91 Å². The lowest BCUT2D eigenvalue weighted by Crippen LogP contribution is -2.33. The Hall–Kier alpha value is -2.81. The molecular formula is C24H27NO2. The van der Waals surface area contributed by atoms with Crippen molar-refractivity contribution in [2.75, 3.05) is 6.54 Å². The van der Waals surface area contributed by atoms with Crippen LogP contribution in [0.15, 0.2) is 83.5 Å². The van der Waals surface area contributed by atoms with E-state index < -0.39 is 0 Å². The van der Waals surface area contributed by atoms with Crippen molar-refractivity contribution in [1.82, 2.24) is 4.90 Å². The monoisotopic (exact) mass is 361 g/mol. The third kappa shape index (κ3) is 5.10. The van der Waals surface area contributed by atoms with E-state index in [1.807, 2.05) is 41.3 Å². The Bertz CT molecular complexity index is 812. The first-order chi connectivity index (χ1) is 13.1. The molecule has 1 amide bonds. The van der Waals surface area contributed by atoms with Crippen molar-refractivity contribution in [2.45, 2.75) is 38.6 Å². The number of hydrogen-bond acceptors (Lipinski definition) is 2. The van der Waals surface area contributed by atoms with E-state index in [-0.39, 0.29) is 17.9 Å². The van der Waals surface area contributed by atoms with Crippen LogP contribution < -0.4 is 0 Å². The molecule has 27 heavy (non-hydrogen) atoms. The largest absolute Gasteiger partial charge is 0.469 e. The third-order valence-corrected chi connectivity index (χ3v) is 5.14. The minimum Gasteiger partial charge on any atom is -0.469 e. The molecule has 0 unspecified atom stereocenters. The number of nitrogens with zero attached hydrogens (tertiary/aromatic N) is 1. The van der Waals surface area contributed by atoms with Gasteiger partial charge < -0.3 is 9.32 Å². The van der Waals surface area contributed by atoms with Crippen LogP contribution in [-0.2, 0) is 11.2 Å². The third-order valence-electron chi connectivity index (χ3n) is 5.14. The molecule has 0 saturated heterocycles. The number of benzene rings is 2. The fourth-order valence-electron chi connectivity index (χ4n) is 3.60. The molecule has 0 bridgehead atoms. The Morgan fingerprint density at radius 1 is 0.963 bits per heavy atom. The predicted molar refractivity (Wildman–Crippen MR) is 108 cm³/mol. The molecule has 0 aliphatic carbocycles. The van der Waals surface area contributed by atoms with Gasteiger partial charge >= 0.3 is 0 Å². The maximum Gasteiger partial charge on any atom is 0.219 e. The lowest BCUT2D eigenvalue weighted by Gasteiger charge is -2.30. The lowest BCUT2D eigenvalue weighted by molar-refractivity contribution is -0.131. The fourth-order valence-corrected chi connectivity index (χ4v) is 3.60. The van der Waals surface area contributed by atoms with Gasteiger partial charge in [0.15, 0.2) is 0 Å². The summed E-state index contributed by atoms with van der Waals surface area (Å²) in [5.41, 5.74) is 2.44. The molecule has 3 aromatic rings. The van der Waals surface area contributed by atoms with E-state index in [2.05, 4.69) is 43.3 Å². The standard InChI is InChI=1S/C24H27NO2/c1-19(22-12-7-4-8-13-22)25(20(2)26)16-15-23(24-14-9-17-27-24)18-21-10-5-3-6-11-21/h3-14,17,19,23H,15-16,18H2,1-2H3/t19-,23+/m0/s1. The highest BCUT2D eigenvalue weighted by Crippen LogP contribution is 2.28. The second-order valence-electron chi connectivity index (χ2n) is 6.99. The van der Waals surface area contributed by atoms with Gasteiger partial charge in [0.05, 0.1) is 12.3 Å². The molecule has 2 atom stereocenters. The van der Waals surface area contributed by atoms with Gasteiger partial charge in [-0.25, -0.2) is 0 Å². The van der Waals surface area contributed by atoms with Gasteiger partial charge in [0.1, 0.15) is 5.76 Å². The molecule has 2 aromatic carbocycles. The van der Waals surface area contributed by atoms with E-state index in [1.165, 1.54) is 5.56 Å². The Kier molecular flexibility index (Phi) is 6.48. The van der Waals surface area contributed by atoms with E-state index in [1.54, 1.807) is 13.2 Å². The predicted octanol–water partition coefficient (Wildman–Crippen LogP) is 5.61. The van der Waals surface area contributed by atoms with Crippen LogP contribution in [0, 0.1) is 0 Å². The molecule has 0 spiro atoms. The first-order valence-corrected chi connectivity index (χ1v) is 9.54. The van der Waals surface area contributed by atoms with Gasteiger partial charge in [-0.1, -0.05) is 60.7 Å². The van der Waals surface area contributed by atoms with Crippen LogP contribution in [0.1, 0.15) is 49.1 Å². The van der Waals surface area contributed by atoms with E-state index in [4.69, 9.17) is 4.42 Å². The summed E-state index contributed by atoms with van der Waals surface area (Å²) in [7, 11) is 0. The maximum absolute atomic E-state index is 12.3. The van der Waals surface area contributed by atoms with Crippen LogP contribution in [0.5, 0.6) is 0 Å². The second-order valence-corrected chi connectivity index (χ2v) is 6.99. The van der Waals surface area contributed by atoms with Crippen molar-refractivity contribution < 1.29 is 9.21 Å². The van der Waals surface area contributed by atoms with Crippen LogP contribution in [0.3, 0.4) is 0 Å². The van der Waals surface area contributed by atoms with Crippen molar-refractivity contribution in [1.29, 1.82) is 0 Å². The Balaban J connectivity index is 1.73. The van der Waals surface area contributed by atoms with Crippen LogP contribution in [0.25, 0.3) is 0 Å². The smallest absolute Gasteiger partial charge is 0.219 e. The molecule has 0 N–H and O–H groups in total. The number of carbonyl (C=O) groups excluding carboxylic acids is 1. The second kappa shape index (κ2) is 9.22. The van der Waals surface area contributed by atoms with Crippen LogP contribution in [-0.4, -0.2) is 17.4 Å². The van der Waals surface area contributed by atoms with E-state index in [9.17, 15) is 4.79 Å². The van der Waals surface area contributed by atoms with Crippen LogP contribution >= 0.6 is 0 Å². The van der Waals surface area contributed by atoms with Crippen molar-refractivity contribution >= 4 is 5.91 Å². The molecule has 140 valence electrons. The zero-order chi connectivity index (χ0) is 19.1. The zero-order valence-corrected chi connectivity index (χ0v) is 16.0. The highest BCUT2D eigenvalue weighted by molar-refractivity contribution is 5.73. The molecule has 3 nitrogen and oxygen atoms in total. The van der Waals surface area contributed by atoms with Crippen molar-refractivity contribution in [3.8, 4) is 0 Å². The summed E-state index contributed by atoms with van der Waals surface area (Å²) in [5, 5.41) is 0. The molecule has 3 heteroatoms. The van der Waals surface area contributed by atoms with E-state index in [0.717, 1.165) is 24.2 Å². The molecule has 0 aliphatic rings. The Morgan fingerprint density at radius 3 is 2.22 bits per heavy atom. The summed E-state index contributed by atoms with van der Waals surface area (Å²) < 4.78 is 5.70. The number of amides is 1. The minimum absolute atomic E-state index is 0.0534. The first kappa shape index (κ1) is 19.0. The van der Waals surface area contributed by atoms with Crippen molar-refractivity contribution in [2.24, 2.45) is 0 Å². The lowest BCUT2D eigenvalue weighted by atomic mass is 9.93. The Morgan fingerprint density at radius 2 is 1.63 bits per heavy atom. The van der Waals surface area contributed by atoms with Gasteiger partial charge in [-0.05, 0) is 43.0 Å². The van der Waals surface area contributed by atoms with Crippen molar-refractivity contribution in [3.05, 3.63) is 95.9 Å². The normalized spacial score (nSPS) is 13.1. The molecule has 0 fully saturated rings.